The SMILES string of the molecule is COCCNC(=S)N/N=C/c1cccc(OCc2ccccc2)c1. The summed E-state index contributed by atoms with van der Waals surface area (Å²) in [6, 6.07) is 17.8. The molecule has 2 aromatic carbocycles. The van der Waals surface area contributed by atoms with Crippen LogP contribution in [0.3, 0.4) is 0 Å². The molecule has 0 saturated heterocycles. The topological polar surface area (TPSA) is 54.9 Å². The Morgan fingerprint density at radius 2 is 2.00 bits per heavy atom. The van der Waals surface area contributed by atoms with Gasteiger partial charge in [-0.2, -0.15) is 5.10 Å². The molecule has 0 radical (unpaired) electrons. The normalized spacial score (nSPS) is 10.5. The van der Waals surface area contributed by atoms with Gasteiger partial charge in [0.05, 0.1) is 12.8 Å². The minimum Gasteiger partial charge on any atom is -0.489 e. The van der Waals surface area contributed by atoms with E-state index in [0.29, 0.717) is 24.9 Å². The Bertz CT molecular complexity index is 662. The third-order valence-corrected chi connectivity index (χ3v) is 3.31. The van der Waals surface area contributed by atoms with Crippen molar-refractivity contribution < 1.29 is 9.47 Å². The van der Waals surface area contributed by atoms with Gasteiger partial charge in [0.15, 0.2) is 5.11 Å². The molecule has 2 N–H and O–H groups in total. The largest absolute Gasteiger partial charge is 0.489 e. The van der Waals surface area contributed by atoms with Crippen LogP contribution in [0.5, 0.6) is 5.75 Å². The van der Waals surface area contributed by atoms with Gasteiger partial charge in [0.25, 0.3) is 0 Å². The van der Waals surface area contributed by atoms with Gasteiger partial charge in [-0.3, -0.25) is 5.43 Å². The summed E-state index contributed by atoms with van der Waals surface area (Å²) in [6.07, 6.45) is 1.69. The molecule has 0 unspecified atom stereocenters. The van der Waals surface area contributed by atoms with Crippen molar-refractivity contribution in [2.45, 2.75) is 6.61 Å². The highest BCUT2D eigenvalue weighted by atomic mass is 32.1. The van der Waals surface area contributed by atoms with Crippen LogP contribution in [0.2, 0.25) is 0 Å². The fourth-order valence-electron chi connectivity index (χ4n) is 1.90. The molecule has 0 aliphatic rings. The summed E-state index contributed by atoms with van der Waals surface area (Å²) in [5.74, 6) is 0.795. The second-order valence-corrected chi connectivity index (χ2v) is 5.37. The van der Waals surface area contributed by atoms with Crippen LogP contribution in [0.15, 0.2) is 59.7 Å². The van der Waals surface area contributed by atoms with Gasteiger partial charge in [-0.15, -0.1) is 0 Å². The van der Waals surface area contributed by atoms with Crippen molar-refractivity contribution in [3.8, 4) is 5.75 Å². The lowest BCUT2D eigenvalue weighted by Gasteiger charge is -2.07. The Morgan fingerprint density at radius 3 is 2.79 bits per heavy atom. The number of ether oxygens (including phenoxy) is 2. The fraction of sp³-hybridized carbons (Fsp3) is 0.222. The standard InChI is InChI=1S/C18H21N3O2S/c1-22-11-10-19-18(24)21-20-13-16-8-5-9-17(12-16)23-14-15-6-3-2-4-7-15/h2-9,12-13H,10-11,14H2,1H3,(H2,19,21,24)/b20-13+. The number of thiocarbonyl (C=S) groups is 1. The number of benzene rings is 2. The van der Waals surface area contributed by atoms with E-state index in [1.165, 1.54) is 0 Å². The number of nitrogens with one attached hydrogen (secondary N) is 2. The second kappa shape index (κ2) is 10.4. The van der Waals surface area contributed by atoms with E-state index < -0.39 is 0 Å². The van der Waals surface area contributed by atoms with Gasteiger partial charge in [-0.05, 0) is 35.5 Å². The predicted octanol–water partition coefficient (Wildman–Crippen LogP) is 2.71. The van der Waals surface area contributed by atoms with Crippen LogP contribution in [0.4, 0.5) is 0 Å². The Labute approximate surface area is 147 Å². The lowest BCUT2D eigenvalue weighted by Crippen LogP contribution is -2.34. The van der Waals surface area contributed by atoms with Crippen molar-refractivity contribution in [1.29, 1.82) is 0 Å². The summed E-state index contributed by atoms with van der Waals surface area (Å²) in [6.45, 7) is 1.76. The molecule has 0 fully saturated rings. The maximum Gasteiger partial charge on any atom is 0.187 e. The van der Waals surface area contributed by atoms with Crippen LogP contribution in [0.25, 0.3) is 0 Å². The Hall–Kier alpha value is -2.44. The quantitative estimate of drug-likeness (QED) is 0.334. The van der Waals surface area contributed by atoms with E-state index in [0.717, 1.165) is 16.9 Å². The van der Waals surface area contributed by atoms with Crippen LogP contribution in [-0.4, -0.2) is 31.6 Å². The minimum absolute atomic E-state index is 0.458. The Morgan fingerprint density at radius 1 is 1.17 bits per heavy atom. The molecule has 0 aromatic heterocycles. The summed E-state index contributed by atoms with van der Waals surface area (Å²) < 4.78 is 10.7. The average molecular weight is 343 g/mol. The van der Waals surface area contributed by atoms with Crippen molar-refractivity contribution in [3.63, 3.8) is 0 Å². The molecule has 24 heavy (non-hydrogen) atoms. The van der Waals surface area contributed by atoms with Crippen molar-refractivity contribution >= 4 is 23.5 Å². The Balaban J connectivity index is 1.81. The van der Waals surface area contributed by atoms with Gasteiger partial charge in [0, 0.05) is 13.7 Å². The zero-order valence-corrected chi connectivity index (χ0v) is 14.4. The van der Waals surface area contributed by atoms with E-state index in [1.54, 1.807) is 13.3 Å². The molecule has 0 aliphatic carbocycles. The molecular formula is C18H21N3O2S. The average Bonchev–Trinajstić information content (AvgIpc) is 2.61. The van der Waals surface area contributed by atoms with Crippen LogP contribution in [-0.2, 0) is 11.3 Å². The van der Waals surface area contributed by atoms with E-state index in [2.05, 4.69) is 15.8 Å². The van der Waals surface area contributed by atoms with Gasteiger partial charge >= 0.3 is 0 Å². The molecule has 2 aromatic rings. The smallest absolute Gasteiger partial charge is 0.187 e. The maximum absolute atomic E-state index is 5.79. The molecule has 0 atom stereocenters. The monoisotopic (exact) mass is 343 g/mol. The third-order valence-electron chi connectivity index (χ3n) is 3.08. The van der Waals surface area contributed by atoms with Crippen LogP contribution in [0.1, 0.15) is 11.1 Å². The first kappa shape index (κ1) is 17.9. The molecule has 2 rings (SSSR count). The number of hydrogen-bond donors (Lipinski definition) is 2. The summed E-state index contributed by atoms with van der Waals surface area (Å²) in [7, 11) is 1.64. The lowest BCUT2D eigenvalue weighted by atomic mass is 10.2. The zero-order valence-electron chi connectivity index (χ0n) is 13.6. The van der Waals surface area contributed by atoms with E-state index in [9.17, 15) is 0 Å². The first-order chi connectivity index (χ1) is 11.8. The maximum atomic E-state index is 5.79. The highest BCUT2D eigenvalue weighted by molar-refractivity contribution is 7.80. The van der Waals surface area contributed by atoms with E-state index in [1.807, 2.05) is 54.6 Å². The zero-order chi connectivity index (χ0) is 17.0. The van der Waals surface area contributed by atoms with Crippen molar-refractivity contribution in [2.24, 2.45) is 5.10 Å². The number of rotatable bonds is 8. The van der Waals surface area contributed by atoms with Gasteiger partial charge in [-0.25, -0.2) is 0 Å². The van der Waals surface area contributed by atoms with Crippen LogP contribution < -0.4 is 15.5 Å². The number of methoxy groups -OCH3 is 1. The first-order valence-electron chi connectivity index (χ1n) is 7.60. The number of hydrazone groups is 1. The fourth-order valence-corrected chi connectivity index (χ4v) is 2.05. The van der Waals surface area contributed by atoms with Crippen molar-refractivity contribution in [2.75, 3.05) is 20.3 Å². The van der Waals surface area contributed by atoms with Gasteiger partial charge in [0.1, 0.15) is 12.4 Å². The Kier molecular flexibility index (Phi) is 7.73. The van der Waals surface area contributed by atoms with Crippen LogP contribution in [0, 0.1) is 0 Å². The number of nitrogens with zero attached hydrogens (tertiary/aromatic N) is 1. The molecule has 6 heteroatoms. The molecule has 0 spiro atoms. The van der Waals surface area contributed by atoms with Gasteiger partial charge in [0.2, 0.25) is 0 Å². The van der Waals surface area contributed by atoms with Crippen molar-refractivity contribution in [3.05, 3.63) is 65.7 Å². The van der Waals surface area contributed by atoms with E-state index >= 15 is 0 Å². The second-order valence-electron chi connectivity index (χ2n) is 4.97. The van der Waals surface area contributed by atoms with Crippen LogP contribution >= 0.6 is 12.2 Å². The first-order valence-corrected chi connectivity index (χ1v) is 8.01. The third kappa shape index (κ3) is 6.76. The molecule has 0 heterocycles. The molecule has 0 bridgehead atoms. The highest BCUT2D eigenvalue weighted by Crippen LogP contribution is 2.14. The molecule has 0 aliphatic heterocycles. The van der Waals surface area contributed by atoms with E-state index in [-0.39, 0.29) is 0 Å². The highest BCUT2D eigenvalue weighted by Gasteiger charge is 1.97. The molecule has 5 nitrogen and oxygen atoms in total. The van der Waals surface area contributed by atoms with Crippen molar-refractivity contribution in [1.82, 2.24) is 10.7 Å². The molecule has 0 amide bonds. The van der Waals surface area contributed by atoms with E-state index in [4.69, 9.17) is 21.7 Å². The summed E-state index contributed by atoms with van der Waals surface area (Å²) in [4.78, 5) is 0. The summed E-state index contributed by atoms with van der Waals surface area (Å²) in [5.41, 5.74) is 4.81. The number of hydrogen-bond acceptors (Lipinski definition) is 4. The molecule has 126 valence electrons. The molecule has 0 saturated carbocycles. The molecular weight excluding hydrogens is 322 g/mol. The summed E-state index contributed by atoms with van der Waals surface area (Å²) >= 11 is 5.09. The summed E-state index contributed by atoms with van der Waals surface area (Å²) in [5, 5.41) is 7.54. The predicted molar refractivity (Wildman–Crippen MR) is 100 cm³/mol. The minimum atomic E-state index is 0.458. The lowest BCUT2D eigenvalue weighted by molar-refractivity contribution is 0.204. The van der Waals surface area contributed by atoms with Gasteiger partial charge in [-0.1, -0.05) is 42.5 Å². The van der Waals surface area contributed by atoms with Gasteiger partial charge < -0.3 is 14.8 Å².